The standard InChI is InChI=1S/C15H25N3O/c1-11-9-12(2)14(19-4)13(10-11)15(16-3)18-7-5-17-6-8-18/h9-10,15-17H,5-8H2,1-4H3. The van der Waals surface area contributed by atoms with Gasteiger partial charge >= 0.3 is 0 Å². The first-order chi connectivity index (χ1) is 9.17. The second kappa shape index (κ2) is 6.37. The zero-order valence-corrected chi connectivity index (χ0v) is 12.4. The van der Waals surface area contributed by atoms with Crippen LogP contribution in [-0.2, 0) is 0 Å². The van der Waals surface area contributed by atoms with E-state index < -0.39 is 0 Å². The molecule has 1 aromatic carbocycles. The number of methoxy groups -OCH3 is 1. The molecule has 1 atom stereocenters. The molecule has 1 aliphatic rings. The topological polar surface area (TPSA) is 36.5 Å². The summed E-state index contributed by atoms with van der Waals surface area (Å²) < 4.78 is 5.62. The molecule has 0 aliphatic carbocycles. The maximum Gasteiger partial charge on any atom is 0.127 e. The van der Waals surface area contributed by atoms with Gasteiger partial charge in [0.25, 0.3) is 0 Å². The summed E-state index contributed by atoms with van der Waals surface area (Å²) in [4.78, 5) is 2.47. The summed E-state index contributed by atoms with van der Waals surface area (Å²) in [5.41, 5.74) is 3.72. The van der Waals surface area contributed by atoms with Crippen LogP contribution in [0.1, 0.15) is 22.9 Å². The zero-order valence-electron chi connectivity index (χ0n) is 12.4. The van der Waals surface area contributed by atoms with Crippen LogP contribution >= 0.6 is 0 Å². The highest BCUT2D eigenvalue weighted by Crippen LogP contribution is 2.31. The van der Waals surface area contributed by atoms with Crippen molar-refractivity contribution in [1.82, 2.24) is 15.5 Å². The van der Waals surface area contributed by atoms with Crippen LogP contribution < -0.4 is 15.4 Å². The Balaban J connectivity index is 2.36. The number of piperazine rings is 1. The second-order valence-corrected chi connectivity index (χ2v) is 5.18. The van der Waals surface area contributed by atoms with E-state index in [9.17, 15) is 0 Å². The van der Waals surface area contributed by atoms with E-state index in [1.165, 1.54) is 16.7 Å². The molecule has 0 bridgehead atoms. The average Bonchev–Trinajstić information content (AvgIpc) is 2.40. The van der Waals surface area contributed by atoms with Gasteiger partial charge in [-0.3, -0.25) is 4.90 Å². The van der Waals surface area contributed by atoms with Crippen LogP contribution in [0.5, 0.6) is 5.75 Å². The molecule has 0 spiro atoms. The molecule has 1 heterocycles. The van der Waals surface area contributed by atoms with Gasteiger partial charge < -0.3 is 15.4 Å². The number of nitrogens with one attached hydrogen (secondary N) is 2. The molecule has 1 unspecified atom stereocenters. The molecule has 106 valence electrons. The SMILES string of the molecule is CNC(c1cc(C)cc(C)c1OC)N1CCNCC1. The zero-order chi connectivity index (χ0) is 13.8. The summed E-state index contributed by atoms with van der Waals surface area (Å²) in [6, 6.07) is 4.40. The molecule has 0 aromatic heterocycles. The molecule has 2 N–H and O–H groups in total. The third-order valence-corrected chi connectivity index (χ3v) is 3.74. The molecule has 1 saturated heterocycles. The van der Waals surface area contributed by atoms with E-state index in [1.807, 2.05) is 7.05 Å². The van der Waals surface area contributed by atoms with Gasteiger partial charge in [0, 0.05) is 31.7 Å². The molecular weight excluding hydrogens is 238 g/mol. The van der Waals surface area contributed by atoms with Crippen molar-refractivity contribution >= 4 is 0 Å². The van der Waals surface area contributed by atoms with Gasteiger partial charge in [0.2, 0.25) is 0 Å². The Morgan fingerprint density at radius 3 is 2.53 bits per heavy atom. The quantitative estimate of drug-likeness (QED) is 0.862. The van der Waals surface area contributed by atoms with Crippen LogP contribution in [-0.4, -0.2) is 45.2 Å². The molecule has 19 heavy (non-hydrogen) atoms. The van der Waals surface area contributed by atoms with Crippen LogP contribution in [0.25, 0.3) is 0 Å². The molecule has 1 aliphatic heterocycles. The third-order valence-electron chi connectivity index (χ3n) is 3.74. The van der Waals surface area contributed by atoms with E-state index in [2.05, 4.69) is 41.5 Å². The minimum atomic E-state index is 0.218. The fraction of sp³-hybridized carbons (Fsp3) is 0.600. The fourth-order valence-electron chi connectivity index (χ4n) is 2.94. The monoisotopic (exact) mass is 263 g/mol. The summed E-state index contributed by atoms with van der Waals surface area (Å²) in [5, 5.41) is 6.83. The summed E-state index contributed by atoms with van der Waals surface area (Å²) in [6.07, 6.45) is 0.218. The maximum absolute atomic E-state index is 5.62. The lowest BCUT2D eigenvalue weighted by Crippen LogP contribution is -2.48. The maximum atomic E-state index is 5.62. The fourth-order valence-corrected chi connectivity index (χ4v) is 2.94. The van der Waals surface area contributed by atoms with Gasteiger partial charge in [0.05, 0.1) is 13.3 Å². The lowest BCUT2D eigenvalue weighted by Gasteiger charge is -2.35. The normalized spacial score (nSPS) is 18.3. The first-order valence-corrected chi connectivity index (χ1v) is 6.94. The minimum Gasteiger partial charge on any atom is -0.496 e. The molecule has 0 amide bonds. The Kier molecular flexibility index (Phi) is 4.80. The van der Waals surface area contributed by atoms with Gasteiger partial charge in [-0.1, -0.05) is 11.6 Å². The molecule has 1 fully saturated rings. The smallest absolute Gasteiger partial charge is 0.127 e. The second-order valence-electron chi connectivity index (χ2n) is 5.18. The predicted octanol–water partition coefficient (Wildman–Crippen LogP) is 1.44. The molecule has 0 radical (unpaired) electrons. The largest absolute Gasteiger partial charge is 0.496 e. The Bertz CT molecular complexity index is 428. The van der Waals surface area contributed by atoms with Crippen molar-refractivity contribution in [2.75, 3.05) is 40.3 Å². The first kappa shape index (κ1) is 14.3. The number of benzene rings is 1. The van der Waals surface area contributed by atoms with Gasteiger partial charge in [0.1, 0.15) is 5.75 Å². The van der Waals surface area contributed by atoms with Crippen molar-refractivity contribution < 1.29 is 4.74 Å². The van der Waals surface area contributed by atoms with Crippen molar-refractivity contribution in [2.45, 2.75) is 20.0 Å². The summed E-state index contributed by atoms with van der Waals surface area (Å²) >= 11 is 0. The van der Waals surface area contributed by atoms with Crippen molar-refractivity contribution in [1.29, 1.82) is 0 Å². The van der Waals surface area contributed by atoms with Crippen molar-refractivity contribution in [3.05, 3.63) is 28.8 Å². The lowest BCUT2D eigenvalue weighted by atomic mass is 10.0. The molecule has 1 aromatic rings. The average molecular weight is 263 g/mol. The van der Waals surface area contributed by atoms with Gasteiger partial charge in [-0.2, -0.15) is 0 Å². The van der Waals surface area contributed by atoms with Gasteiger partial charge in [0.15, 0.2) is 0 Å². The number of aryl methyl sites for hydroxylation is 2. The number of nitrogens with zero attached hydrogens (tertiary/aromatic N) is 1. The minimum absolute atomic E-state index is 0.218. The van der Waals surface area contributed by atoms with Crippen molar-refractivity contribution in [3.63, 3.8) is 0 Å². The number of ether oxygens (including phenoxy) is 1. The highest BCUT2D eigenvalue weighted by molar-refractivity contribution is 5.45. The first-order valence-electron chi connectivity index (χ1n) is 6.94. The number of hydrogen-bond acceptors (Lipinski definition) is 4. The van der Waals surface area contributed by atoms with Crippen LogP contribution in [0, 0.1) is 13.8 Å². The van der Waals surface area contributed by atoms with Crippen LogP contribution in [0.2, 0.25) is 0 Å². The Hall–Kier alpha value is -1.10. The molecular formula is C15H25N3O. The van der Waals surface area contributed by atoms with E-state index >= 15 is 0 Å². The predicted molar refractivity (Wildman–Crippen MR) is 78.7 cm³/mol. The van der Waals surface area contributed by atoms with Crippen LogP contribution in [0.15, 0.2) is 12.1 Å². The van der Waals surface area contributed by atoms with E-state index in [-0.39, 0.29) is 6.17 Å². The van der Waals surface area contributed by atoms with E-state index in [4.69, 9.17) is 4.74 Å². The van der Waals surface area contributed by atoms with Crippen LogP contribution in [0.3, 0.4) is 0 Å². The van der Waals surface area contributed by atoms with Gasteiger partial charge in [-0.25, -0.2) is 0 Å². The molecule has 2 rings (SSSR count). The van der Waals surface area contributed by atoms with Crippen molar-refractivity contribution in [3.8, 4) is 5.75 Å². The molecule has 4 nitrogen and oxygen atoms in total. The van der Waals surface area contributed by atoms with Gasteiger partial charge in [-0.05, 0) is 32.5 Å². The summed E-state index contributed by atoms with van der Waals surface area (Å²) in [6.45, 7) is 8.46. The van der Waals surface area contributed by atoms with E-state index in [1.54, 1.807) is 7.11 Å². The van der Waals surface area contributed by atoms with Crippen molar-refractivity contribution in [2.24, 2.45) is 0 Å². The molecule has 0 saturated carbocycles. The van der Waals surface area contributed by atoms with Gasteiger partial charge in [-0.15, -0.1) is 0 Å². The molecule has 4 heteroatoms. The van der Waals surface area contributed by atoms with Crippen LogP contribution in [0.4, 0.5) is 0 Å². The lowest BCUT2D eigenvalue weighted by molar-refractivity contribution is 0.150. The third kappa shape index (κ3) is 3.08. The number of rotatable bonds is 4. The summed E-state index contributed by atoms with van der Waals surface area (Å²) in [7, 11) is 3.77. The highest BCUT2D eigenvalue weighted by atomic mass is 16.5. The summed E-state index contributed by atoms with van der Waals surface area (Å²) in [5.74, 6) is 1.00. The van der Waals surface area contributed by atoms with E-state index in [0.29, 0.717) is 0 Å². The number of hydrogen-bond donors (Lipinski definition) is 2. The van der Waals surface area contributed by atoms with E-state index in [0.717, 1.165) is 31.9 Å². The Labute approximate surface area is 116 Å². The highest BCUT2D eigenvalue weighted by Gasteiger charge is 2.24. The Morgan fingerprint density at radius 1 is 1.26 bits per heavy atom. The Morgan fingerprint density at radius 2 is 1.95 bits per heavy atom.